The Kier molecular flexibility index (Phi) is 10.0. The third-order valence-corrected chi connectivity index (χ3v) is 8.60. The van der Waals surface area contributed by atoms with Crippen molar-refractivity contribution in [1.29, 1.82) is 0 Å². The Morgan fingerprint density at radius 2 is 1.08 bits per heavy atom. The van der Waals surface area contributed by atoms with Crippen molar-refractivity contribution in [3.63, 3.8) is 0 Å². The average Bonchev–Trinajstić information content (AvgIpc) is 3.62. The van der Waals surface area contributed by atoms with E-state index < -0.39 is 0 Å². The van der Waals surface area contributed by atoms with Gasteiger partial charge in [0.15, 0.2) is 10.3 Å². The van der Waals surface area contributed by atoms with Crippen LogP contribution in [0.25, 0.3) is 22.5 Å². The van der Waals surface area contributed by atoms with Crippen LogP contribution in [0.3, 0.4) is 0 Å². The van der Waals surface area contributed by atoms with Crippen molar-refractivity contribution in [2.45, 2.75) is 71.6 Å². The van der Waals surface area contributed by atoms with Crippen molar-refractivity contribution in [3.05, 3.63) is 70.4 Å². The zero-order valence-electron chi connectivity index (χ0n) is 23.0. The second kappa shape index (κ2) is 13.6. The van der Waals surface area contributed by atoms with Gasteiger partial charge in [0, 0.05) is 34.7 Å². The highest BCUT2D eigenvalue weighted by Crippen LogP contribution is 2.29. The minimum Gasteiger partial charge on any atom is -0.302 e. The molecule has 4 aromatic rings. The number of benzene rings is 2. The molecule has 0 aliphatic heterocycles. The van der Waals surface area contributed by atoms with Crippen LogP contribution in [-0.2, 0) is 9.59 Å². The third kappa shape index (κ3) is 7.83. The van der Waals surface area contributed by atoms with Crippen LogP contribution >= 0.6 is 22.7 Å². The molecule has 0 radical (unpaired) electrons. The van der Waals surface area contributed by atoms with Crippen LogP contribution in [-0.4, -0.2) is 21.8 Å². The molecule has 8 heteroatoms. The van der Waals surface area contributed by atoms with E-state index in [0.29, 0.717) is 28.5 Å². The van der Waals surface area contributed by atoms with Gasteiger partial charge in [-0.2, -0.15) is 0 Å². The molecule has 0 bridgehead atoms. The molecule has 0 saturated carbocycles. The fourth-order valence-corrected chi connectivity index (χ4v) is 5.61. The fraction of sp³-hybridized carbons (Fsp3) is 0.355. The predicted octanol–water partition coefficient (Wildman–Crippen LogP) is 8.71. The Morgan fingerprint density at radius 3 is 1.44 bits per heavy atom. The van der Waals surface area contributed by atoms with Crippen molar-refractivity contribution in [3.8, 4) is 22.5 Å². The zero-order valence-corrected chi connectivity index (χ0v) is 24.6. The van der Waals surface area contributed by atoms with Gasteiger partial charge in [0.05, 0.1) is 11.4 Å². The van der Waals surface area contributed by atoms with E-state index in [2.05, 4.69) is 96.8 Å². The number of aromatic nitrogens is 2. The smallest absolute Gasteiger partial charge is 0.226 e. The standard InChI is InChI=1S/C31H36N4O2S2/c1-5-20(3)22-10-14-24(15-11-22)26-18-38-30(32-26)34-28(36)8-7-9-29(37)35-31-33-27(19-39-31)25-16-12-23(13-17-25)21(4)6-2/h10-21H,5-9H2,1-4H3,(H,32,34,36)(H,33,35,37). The van der Waals surface area contributed by atoms with Gasteiger partial charge in [0.1, 0.15) is 0 Å². The molecule has 0 aliphatic carbocycles. The number of carbonyl (C=O) groups excluding carboxylic acids is 2. The summed E-state index contributed by atoms with van der Waals surface area (Å²) < 4.78 is 0. The largest absolute Gasteiger partial charge is 0.302 e. The van der Waals surface area contributed by atoms with Gasteiger partial charge in [0.2, 0.25) is 11.8 Å². The van der Waals surface area contributed by atoms with Crippen LogP contribution in [0.4, 0.5) is 10.3 Å². The number of hydrogen-bond acceptors (Lipinski definition) is 6. The monoisotopic (exact) mass is 560 g/mol. The minimum atomic E-state index is -0.145. The summed E-state index contributed by atoms with van der Waals surface area (Å²) in [4.78, 5) is 33.9. The molecule has 2 N–H and O–H groups in total. The van der Waals surface area contributed by atoms with Crippen molar-refractivity contribution in [2.24, 2.45) is 0 Å². The maximum Gasteiger partial charge on any atom is 0.226 e. The van der Waals surface area contributed by atoms with Crippen molar-refractivity contribution in [2.75, 3.05) is 10.6 Å². The first-order valence-corrected chi connectivity index (χ1v) is 15.3. The van der Waals surface area contributed by atoms with Gasteiger partial charge in [-0.05, 0) is 42.2 Å². The lowest BCUT2D eigenvalue weighted by Gasteiger charge is -2.09. The molecule has 2 aromatic carbocycles. The Labute approximate surface area is 238 Å². The molecule has 0 spiro atoms. The summed E-state index contributed by atoms with van der Waals surface area (Å²) in [5, 5.41) is 10.7. The lowest BCUT2D eigenvalue weighted by molar-refractivity contribution is -0.117. The highest BCUT2D eigenvalue weighted by atomic mass is 32.1. The fourth-order valence-electron chi connectivity index (χ4n) is 4.14. The summed E-state index contributed by atoms with van der Waals surface area (Å²) in [5.74, 6) is 0.770. The quantitative estimate of drug-likeness (QED) is 0.181. The second-order valence-electron chi connectivity index (χ2n) is 9.89. The first kappa shape index (κ1) is 28.6. The molecule has 2 amide bonds. The summed E-state index contributed by atoms with van der Waals surface area (Å²) in [6, 6.07) is 16.9. The molecule has 0 fully saturated rings. The van der Waals surface area contributed by atoms with Gasteiger partial charge < -0.3 is 10.6 Å². The number of rotatable bonds is 12. The molecule has 0 saturated heterocycles. The van der Waals surface area contributed by atoms with Gasteiger partial charge in [-0.25, -0.2) is 9.97 Å². The Balaban J connectivity index is 1.21. The van der Waals surface area contributed by atoms with E-state index in [1.54, 1.807) is 0 Å². The Bertz CT molecular complexity index is 1270. The normalized spacial score (nSPS) is 12.6. The second-order valence-corrected chi connectivity index (χ2v) is 11.6. The van der Waals surface area contributed by atoms with Crippen LogP contribution in [0.15, 0.2) is 59.3 Å². The number of thiazole rings is 2. The van der Waals surface area contributed by atoms with E-state index in [4.69, 9.17) is 0 Å². The number of carbonyl (C=O) groups is 2. The van der Waals surface area contributed by atoms with Crippen LogP contribution in [0.2, 0.25) is 0 Å². The average molecular weight is 561 g/mol. The van der Waals surface area contributed by atoms with Gasteiger partial charge in [0.25, 0.3) is 0 Å². The number of anilines is 2. The first-order valence-electron chi connectivity index (χ1n) is 13.6. The van der Waals surface area contributed by atoms with Crippen LogP contribution in [0.5, 0.6) is 0 Å². The minimum absolute atomic E-state index is 0.145. The molecule has 2 heterocycles. The van der Waals surface area contributed by atoms with E-state index in [9.17, 15) is 9.59 Å². The van der Waals surface area contributed by atoms with Crippen LogP contribution in [0.1, 0.15) is 82.8 Å². The van der Waals surface area contributed by atoms with E-state index in [0.717, 1.165) is 35.4 Å². The first-order chi connectivity index (χ1) is 18.9. The molecule has 2 aromatic heterocycles. The molecule has 6 nitrogen and oxygen atoms in total. The number of amides is 2. The Morgan fingerprint density at radius 1 is 0.692 bits per heavy atom. The van der Waals surface area contributed by atoms with Gasteiger partial charge in [-0.1, -0.05) is 76.2 Å². The highest BCUT2D eigenvalue weighted by molar-refractivity contribution is 7.14. The molecule has 0 aliphatic rings. The molecule has 2 atom stereocenters. The van der Waals surface area contributed by atoms with Gasteiger partial charge in [-0.15, -0.1) is 22.7 Å². The molecular weight excluding hydrogens is 525 g/mol. The van der Waals surface area contributed by atoms with E-state index in [1.165, 1.54) is 33.8 Å². The number of nitrogens with zero attached hydrogens (tertiary/aromatic N) is 2. The molecule has 39 heavy (non-hydrogen) atoms. The maximum absolute atomic E-state index is 12.4. The summed E-state index contributed by atoms with van der Waals surface area (Å²) in [7, 11) is 0. The zero-order chi connectivity index (χ0) is 27.8. The van der Waals surface area contributed by atoms with E-state index >= 15 is 0 Å². The predicted molar refractivity (Wildman–Crippen MR) is 164 cm³/mol. The van der Waals surface area contributed by atoms with Gasteiger partial charge >= 0.3 is 0 Å². The number of nitrogens with one attached hydrogen (secondary N) is 2. The molecular formula is C31H36N4O2S2. The SMILES string of the molecule is CCC(C)c1ccc(-c2csc(NC(=O)CCCC(=O)Nc3nc(-c4ccc(C(C)CC)cc4)cs3)n2)cc1. The van der Waals surface area contributed by atoms with Crippen molar-refractivity contribution < 1.29 is 9.59 Å². The maximum atomic E-state index is 12.4. The molecule has 4 rings (SSSR count). The van der Waals surface area contributed by atoms with Crippen LogP contribution < -0.4 is 10.6 Å². The topological polar surface area (TPSA) is 84.0 Å². The summed E-state index contributed by atoms with van der Waals surface area (Å²) in [5.41, 5.74) is 6.39. The molecule has 2 unspecified atom stereocenters. The highest BCUT2D eigenvalue weighted by Gasteiger charge is 2.12. The third-order valence-electron chi connectivity index (χ3n) is 7.08. The van der Waals surface area contributed by atoms with Gasteiger partial charge in [-0.3, -0.25) is 9.59 Å². The van der Waals surface area contributed by atoms with E-state index in [-0.39, 0.29) is 24.7 Å². The van der Waals surface area contributed by atoms with E-state index in [1.807, 2.05) is 10.8 Å². The summed E-state index contributed by atoms with van der Waals surface area (Å²) in [6.45, 7) is 8.81. The van der Waals surface area contributed by atoms with Crippen molar-refractivity contribution >= 4 is 44.8 Å². The summed E-state index contributed by atoms with van der Waals surface area (Å²) in [6.07, 6.45) is 3.15. The summed E-state index contributed by atoms with van der Waals surface area (Å²) >= 11 is 2.81. The van der Waals surface area contributed by atoms with Crippen LogP contribution in [0, 0.1) is 0 Å². The van der Waals surface area contributed by atoms with Crippen molar-refractivity contribution in [1.82, 2.24) is 9.97 Å². The Hall–Kier alpha value is -3.36. The lowest BCUT2D eigenvalue weighted by Crippen LogP contribution is -2.14. The molecule has 204 valence electrons. The number of hydrogen-bond donors (Lipinski definition) is 2. The lowest BCUT2D eigenvalue weighted by atomic mass is 9.97.